The molecule has 1 aromatic heterocycles. The molecule has 1 aliphatic rings. The van der Waals surface area contributed by atoms with Crippen LogP contribution in [0, 0.1) is 0 Å². The number of rotatable bonds is 2. The molecule has 1 aliphatic carbocycles. The van der Waals surface area contributed by atoms with E-state index in [0.29, 0.717) is 5.69 Å². The van der Waals surface area contributed by atoms with E-state index in [1.807, 2.05) is 0 Å². The molecule has 0 radical (unpaired) electrons. The molecule has 1 saturated carbocycles. The summed E-state index contributed by atoms with van der Waals surface area (Å²) in [7, 11) is 0. The van der Waals surface area contributed by atoms with Crippen molar-refractivity contribution in [3.63, 3.8) is 0 Å². The van der Waals surface area contributed by atoms with E-state index in [1.54, 1.807) is 12.1 Å². The van der Waals surface area contributed by atoms with Crippen LogP contribution in [0.4, 0.5) is 5.69 Å². The Morgan fingerprint density at radius 2 is 2.12 bits per heavy atom. The molecule has 0 atom stereocenters. The fourth-order valence-electron chi connectivity index (χ4n) is 1.14. The summed E-state index contributed by atoms with van der Waals surface area (Å²) in [6, 6.07) is 3.36. The molecule has 2 amide bonds. The van der Waals surface area contributed by atoms with Gasteiger partial charge in [-0.3, -0.25) is 9.59 Å². The van der Waals surface area contributed by atoms with Gasteiger partial charge in [-0.25, -0.2) is 4.98 Å². The number of carbonyl (C=O) groups is 2. The molecule has 6 heteroatoms. The van der Waals surface area contributed by atoms with Gasteiger partial charge in [0.15, 0.2) is 5.15 Å². The van der Waals surface area contributed by atoms with Crippen molar-refractivity contribution in [2.45, 2.75) is 18.9 Å². The van der Waals surface area contributed by atoms with E-state index in [9.17, 15) is 9.59 Å². The van der Waals surface area contributed by atoms with E-state index in [4.69, 9.17) is 11.6 Å². The maximum atomic E-state index is 11.4. The maximum absolute atomic E-state index is 11.4. The van der Waals surface area contributed by atoms with Crippen LogP contribution in [0.2, 0.25) is 5.15 Å². The summed E-state index contributed by atoms with van der Waals surface area (Å²) in [5, 5.41) is 5.14. The number of amides is 2. The van der Waals surface area contributed by atoms with Crippen molar-refractivity contribution in [1.82, 2.24) is 10.3 Å². The van der Waals surface area contributed by atoms with Crippen molar-refractivity contribution in [1.29, 1.82) is 0 Å². The Hall–Kier alpha value is -1.62. The van der Waals surface area contributed by atoms with Crippen LogP contribution >= 0.6 is 11.6 Å². The van der Waals surface area contributed by atoms with E-state index < -0.39 is 11.8 Å². The fraction of sp³-hybridized carbons (Fsp3) is 0.300. The second kappa shape index (κ2) is 4.49. The highest BCUT2D eigenvalue weighted by Gasteiger charge is 2.26. The second-order valence-electron chi connectivity index (χ2n) is 3.54. The number of aromatic nitrogens is 1. The van der Waals surface area contributed by atoms with E-state index in [2.05, 4.69) is 15.6 Å². The summed E-state index contributed by atoms with van der Waals surface area (Å²) in [5.74, 6) is -1.36. The van der Waals surface area contributed by atoms with Crippen LogP contribution in [0.25, 0.3) is 0 Å². The van der Waals surface area contributed by atoms with Crippen molar-refractivity contribution < 1.29 is 9.59 Å². The Bertz CT molecular complexity index is 432. The Morgan fingerprint density at radius 1 is 1.38 bits per heavy atom. The predicted molar refractivity (Wildman–Crippen MR) is 59.0 cm³/mol. The van der Waals surface area contributed by atoms with Crippen molar-refractivity contribution in [2.75, 3.05) is 5.32 Å². The minimum absolute atomic E-state index is 0.155. The lowest BCUT2D eigenvalue weighted by molar-refractivity contribution is -0.136. The standard InChI is InChI=1S/C10H10ClN3O2/c11-8-7(2-1-5-12-8)14-10(16)9(15)13-6-3-4-6/h1-2,5-6H,3-4H2,(H,13,15)(H,14,16). The number of nitrogens with one attached hydrogen (secondary N) is 2. The molecule has 84 valence electrons. The van der Waals surface area contributed by atoms with Crippen LogP contribution in [0.1, 0.15) is 12.8 Å². The molecule has 1 fully saturated rings. The second-order valence-corrected chi connectivity index (χ2v) is 3.90. The van der Waals surface area contributed by atoms with Crippen molar-refractivity contribution in [3.05, 3.63) is 23.5 Å². The quantitative estimate of drug-likeness (QED) is 0.596. The molecule has 0 aromatic carbocycles. The number of nitrogens with zero attached hydrogens (tertiary/aromatic N) is 1. The third kappa shape index (κ3) is 2.70. The molecular formula is C10H10ClN3O2. The Morgan fingerprint density at radius 3 is 2.75 bits per heavy atom. The molecule has 0 aliphatic heterocycles. The van der Waals surface area contributed by atoms with Crippen LogP contribution in [0.5, 0.6) is 0 Å². The highest BCUT2D eigenvalue weighted by Crippen LogP contribution is 2.19. The summed E-state index contributed by atoms with van der Waals surface area (Å²) in [6.07, 6.45) is 3.38. The zero-order valence-corrected chi connectivity index (χ0v) is 9.12. The summed E-state index contributed by atoms with van der Waals surface area (Å²) in [5.41, 5.74) is 0.333. The van der Waals surface area contributed by atoms with E-state index in [-0.39, 0.29) is 11.2 Å². The Kier molecular flexibility index (Phi) is 3.05. The highest BCUT2D eigenvalue weighted by molar-refractivity contribution is 6.41. The smallest absolute Gasteiger partial charge is 0.313 e. The molecule has 0 spiro atoms. The van der Waals surface area contributed by atoms with Gasteiger partial charge in [-0.2, -0.15) is 0 Å². The zero-order valence-electron chi connectivity index (χ0n) is 8.37. The fourth-order valence-corrected chi connectivity index (χ4v) is 1.30. The largest absolute Gasteiger partial charge is 0.345 e. The van der Waals surface area contributed by atoms with Gasteiger partial charge < -0.3 is 10.6 Å². The minimum Gasteiger partial charge on any atom is -0.345 e. The first-order chi connectivity index (χ1) is 7.66. The first kappa shape index (κ1) is 10.9. The summed E-state index contributed by atoms with van der Waals surface area (Å²) in [6.45, 7) is 0. The molecule has 5 nitrogen and oxygen atoms in total. The molecule has 2 rings (SSSR count). The predicted octanol–water partition coefficient (Wildman–Crippen LogP) is 0.952. The molecule has 2 N–H and O–H groups in total. The lowest BCUT2D eigenvalue weighted by Crippen LogP contribution is -2.36. The van der Waals surface area contributed by atoms with Crippen molar-refractivity contribution >= 4 is 29.1 Å². The third-order valence-corrected chi connectivity index (χ3v) is 2.43. The summed E-state index contributed by atoms with van der Waals surface area (Å²) < 4.78 is 0. The molecule has 0 unspecified atom stereocenters. The molecule has 16 heavy (non-hydrogen) atoms. The van der Waals surface area contributed by atoms with Gasteiger partial charge in [0.25, 0.3) is 0 Å². The van der Waals surface area contributed by atoms with Gasteiger partial charge in [0.1, 0.15) is 0 Å². The molecular weight excluding hydrogens is 230 g/mol. The average molecular weight is 240 g/mol. The number of hydrogen-bond donors (Lipinski definition) is 2. The zero-order chi connectivity index (χ0) is 11.5. The maximum Gasteiger partial charge on any atom is 0.313 e. The van der Waals surface area contributed by atoms with E-state index in [1.165, 1.54) is 6.20 Å². The van der Waals surface area contributed by atoms with Crippen LogP contribution in [0.3, 0.4) is 0 Å². The molecule has 1 heterocycles. The van der Waals surface area contributed by atoms with Crippen LogP contribution in [0.15, 0.2) is 18.3 Å². The third-order valence-electron chi connectivity index (χ3n) is 2.13. The first-order valence-electron chi connectivity index (χ1n) is 4.89. The van der Waals surface area contributed by atoms with Gasteiger partial charge in [0, 0.05) is 12.2 Å². The van der Waals surface area contributed by atoms with Gasteiger partial charge in [0.05, 0.1) is 5.69 Å². The average Bonchev–Trinajstić information content (AvgIpc) is 3.05. The number of carbonyl (C=O) groups excluding carboxylic acids is 2. The van der Waals surface area contributed by atoms with Gasteiger partial charge in [0.2, 0.25) is 0 Å². The number of pyridine rings is 1. The monoisotopic (exact) mass is 239 g/mol. The number of hydrogen-bond acceptors (Lipinski definition) is 3. The van der Waals surface area contributed by atoms with Crippen LogP contribution in [-0.4, -0.2) is 22.8 Å². The summed E-state index contributed by atoms with van der Waals surface area (Å²) in [4.78, 5) is 26.5. The van der Waals surface area contributed by atoms with Crippen molar-refractivity contribution in [3.8, 4) is 0 Å². The first-order valence-corrected chi connectivity index (χ1v) is 5.27. The lowest BCUT2D eigenvalue weighted by atomic mass is 10.4. The topological polar surface area (TPSA) is 71.1 Å². The Balaban J connectivity index is 1.95. The van der Waals surface area contributed by atoms with Gasteiger partial charge in [-0.05, 0) is 25.0 Å². The molecule has 0 saturated heterocycles. The number of halogens is 1. The minimum atomic E-state index is -0.721. The van der Waals surface area contributed by atoms with E-state index in [0.717, 1.165) is 12.8 Å². The Labute approximate surface area is 97.2 Å². The summed E-state index contributed by atoms with van der Waals surface area (Å²) >= 11 is 5.73. The molecule has 0 bridgehead atoms. The highest BCUT2D eigenvalue weighted by atomic mass is 35.5. The SMILES string of the molecule is O=C(Nc1cccnc1Cl)C(=O)NC1CC1. The molecule has 1 aromatic rings. The van der Waals surface area contributed by atoms with Gasteiger partial charge >= 0.3 is 11.8 Å². The van der Waals surface area contributed by atoms with Gasteiger partial charge in [-0.15, -0.1) is 0 Å². The number of anilines is 1. The van der Waals surface area contributed by atoms with Crippen LogP contribution < -0.4 is 10.6 Å². The van der Waals surface area contributed by atoms with E-state index >= 15 is 0 Å². The van der Waals surface area contributed by atoms with Crippen LogP contribution in [-0.2, 0) is 9.59 Å². The lowest BCUT2D eigenvalue weighted by Gasteiger charge is -2.05. The van der Waals surface area contributed by atoms with Crippen molar-refractivity contribution in [2.24, 2.45) is 0 Å². The normalized spacial score (nSPS) is 14.3. The van der Waals surface area contributed by atoms with Gasteiger partial charge in [-0.1, -0.05) is 11.6 Å².